The Kier molecular flexibility index (Phi) is 3.30. The number of hydrogen-bond donors (Lipinski definition) is 0. The molecular formula is C7H9O3P. The first kappa shape index (κ1) is 8.47. The van der Waals surface area contributed by atoms with Crippen molar-refractivity contribution in [2.75, 3.05) is 7.11 Å². The fourth-order valence-corrected chi connectivity index (χ4v) is 1.41. The molecule has 0 N–H and O–H groups in total. The van der Waals surface area contributed by atoms with Crippen molar-refractivity contribution in [2.24, 2.45) is 0 Å². The van der Waals surface area contributed by atoms with Crippen molar-refractivity contribution in [3.63, 3.8) is 0 Å². The molecule has 0 aliphatic rings. The second-order valence-electron chi connectivity index (χ2n) is 1.90. The predicted octanol–water partition coefficient (Wildman–Crippen LogP) is 1.36. The fraction of sp³-hybridized carbons (Fsp3) is 0.143. The number of rotatable bonds is 3. The van der Waals surface area contributed by atoms with Gasteiger partial charge in [-0.15, -0.1) is 0 Å². The molecule has 1 aromatic carbocycles. The second-order valence-corrected chi connectivity index (χ2v) is 3.22. The van der Waals surface area contributed by atoms with Gasteiger partial charge in [0.15, 0.2) is 0 Å². The highest BCUT2D eigenvalue weighted by Crippen LogP contribution is 2.20. The summed E-state index contributed by atoms with van der Waals surface area (Å²) in [6.45, 7) is 0. The lowest BCUT2D eigenvalue weighted by Gasteiger charge is -1.98. The maximum absolute atomic E-state index is 11.1. The van der Waals surface area contributed by atoms with Crippen molar-refractivity contribution in [2.45, 2.75) is 0 Å². The van der Waals surface area contributed by atoms with Crippen LogP contribution < -0.4 is 5.30 Å². The minimum atomic E-state index is -2.19. The van der Waals surface area contributed by atoms with Gasteiger partial charge in [-0.1, -0.05) is 18.2 Å². The molecule has 0 fully saturated rings. The molecule has 11 heavy (non-hydrogen) atoms. The quantitative estimate of drug-likeness (QED) is 0.392. The van der Waals surface area contributed by atoms with E-state index >= 15 is 0 Å². The highest BCUT2D eigenvalue weighted by atomic mass is 31.1. The molecule has 1 atom stereocenters. The van der Waals surface area contributed by atoms with Gasteiger partial charge in [-0.2, -0.15) is 4.67 Å². The second kappa shape index (κ2) is 4.29. The first-order valence-electron chi connectivity index (χ1n) is 3.14. The topological polar surface area (TPSA) is 35.5 Å². The molecule has 4 heteroatoms. The first-order valence-corrected chi connectivity index (χ1v) is 4.46. The van der Waals surface area contributed by atoms with Gasteiger partial charge in [-0.25, -0.2) is 4.89 Å². The summed E-state index contributed by atoms with van der Waals surface area (Å²) in [6.07, 6.45) is 0. The van der Waals surface area contributed by atoms with Crippen molar-refractivity contribution in [1.29, 1.82) is 0 Å². The van der Waals surface area contributed by atoms with Gasteiger partial charge in [0, 0.05) is 5.30 Å². The standard InChI is InChI=1S/C7H9O3P/c1-9-10-11(8)7-5-3-2-4-6-7/h2-6,11H,1H3. The summed E-state index contributed by atoms with van der Waals surface area (Å²) in [5.41, 5.74) is 0. The Morgan fingerprint density at radius 2 is 1.91 bits per heavy atom. The van der Waals surface area contributed by atoms with E-state index in [2.05, 4.69) is 9.56 Å². The fourth-order valence-electron chi connectivity index (χ4n) is 0.698. The number of hydrogen-bond acceptors (Lipinski definition) is 3. The molecule has 3 nitrogen and oxygen atoms in total. The predicted molar refractivity (Wildman–Crippen MR) is 43.2 cm³/mol. The Balaban J connectivity index is 2.69. The van der Waals surface area contributed by atoms with Crippen molar-refractivity contribution in [3.05, 3.63) is 30.3 Å². The summed E-state index contributed by atoms with van der Waals surface area (Å²) in [5.74, 6) is 0. The van der Waals surface area contributed by atoms with E-state index in [1.54, 1.807) is 24.3 Å². The molecule has 0 amide bonds. The highest BCUT2D eigenvalue weighted by Gasteiger charge is 2.00. The summed E-state index contributed by atoms with van der Waals surface area (Å²) in [6, 6.07) is 8.93. The largest absolute Gasteiger partial charge is 0.288 e. The molecule has 0 bridgehead atoms. The smallest absolute Gasteiger partial charge is 0.252 e. The van der Waals surface area contributed by atoms with Gasteiger partial charge in [-0.05, 0) is 12.1 Å². The van der Waals surface area contributed by atoms with Crippen molar-refractivity contribution >= 4 is 13.3 Å². The molecule has 0 aromatic heterocycles. The van der Waals surface area contributed by atoms with Gasteiger partial charge in [0.1, 0.15) is 0 Å². The van der Waals surface area contributed by atoms with Gasteiger partial charge in [-0.3, -0.25) is 4.57 Å². The van der Waals surface area contributed by atoms with Crippen LogP contribution in [0.25, 0.3) is 0 Å². The Morgan fingerprint density at radius 1 is 1.27 bits per heavy atom. The molecule has 0 saturated carbocycles. The van der Waals surface area contributed by atoms with Gasteiger partial charge in [0.05, 0.1) is 7.11 Å². The van der Waals surface area contributed by atoms with Crippen LogP contribution in [0.1, 0.15) is 0 Å². The van der Waals surface area contributed by atoms with E-state index in [4.69, 9.17) is 0 Å². The first-order chi connectivity index (χ1) is 5.34. The normalized spacial score (nSPS) is 12.8. The van der Waals surface area contributed by atoms with Crippen LogP contribution in [0.4, 0.5) is 0 Å². The molecule has 1 aromatic rings. The van der Waals surface area contributed by atoms with E-state index in [0.717, 1.165) is 0 Å². The van der Waals surface area contributed by atoms with Crippen molar-refractivity contribution in [3.8, 4) is 0 Å². The molecule has 60 valence electrons. The zero-order valence-corrected chi connectivity index (χ0v) is 7.11. The summed E-state index contributed by atoms with van der Waals surface area (Å²) < 4.78 is 15.6. The van der Waals surface area contributed by atoms with Crippen LogP contribution >= 0.6 is 8.03 Å². The van der Waals surface area contributed by atoms with Crippen molar-refractivity contribution in [1.82, 2.24) is 0 Å². The van der Waals surface area contributed by atoms with Gasteiger partial charge < -0.3 is 0 Å². The lowest BCUT2D eigenvalue weighted by molar-refractivity contribution is -0.170. The van der Waals surface area contributed by atoms with Gasteiger partial charge in [0.25, 0.3) is 8.03 Å². The molecular weight excluding hydrogens is 163 g/mol. The van der Waals surface area contributed by atoms with Crippen molar-refractivity contribution < 1.29 is 14.1 Å². The molecule has 0 aliphatic heterocycles. The maximum Gasteiger partial charge on any atom is 0.252 e. The third-order valence-electron chi connectivity index (χ3n) is 1.17. The molecule has 0 saturated heterocycles. The third kappa shape index (κ3) is 2.46. The molecule has 0 radical (unpaired) electrons. The summed E-state index contributed by atoms with van der Waals surface area (Å²) >= 11 is 0. The van der Waals surface area contributed by atoms with Crippen LogP contribution in [0.15, 0.2) is 30.3 Å². The van der Waals surface area contributed by atoms with E-state index in [9.17, 15) is 4.57 Å². The van der Waals surface area contributed by atoms with E-state index in [-0.39, 0.29) is 0 Å². The minimum Gasteiger partial charge on any atom is -0.288 e. The zero-order chi connectivity index (χ0) is 8.10. The third-order valence-corrected chi connectivity index (χ3v) is 2.29. The van der Waals surface area contributed by atoms with Gasteiger partial charge in [0.2, 0.25) is 0 Å². The van der Waals surface area contributed by atoms with Gasteiger partial charge >= 0.3 is 0 Å². The van der Waals surface area contributed by atoms with Crippen LogP contribution in [-0.2, 0) is 14.1 Å². The van der Waals surface area contributed by atoms with E-state index < -0.39 is 8.03 Å². The van der Waals surface area contributed by atoms with E-state index in [0.29, 0.717) is 5.30 Å². The Labute approximate surface area is 65.7 Å². The lowest BCUT2D eigenvalue weighted by Crippen LogP contribution is -1.95. The minimum absolute atomic E-state index is 0.666. The molecule has 0 aliphatic carbocycles. The molecule has 0 heterocycles. The highest BCUT2D eigenvalue weighted by molar-refractivity contribution is 7.48. The Hall–Kier alpha value is -0.630. The number of benzene rings is 1. The lowest BCUT2D eigenvalue weighted by atomic mass is 10.4. The molecule has 1 rings (SSSR count). The SMILES string of the molecule is COO[PH](=O)c1ccccc1. The van der Waals surface area contributed by atoms with Crippen LogP contribution in [0.5, 0.6) is 0 Å². The average Bonchev–Trinajstić information content (AvgIpc) is 2.07. The zero-order valence-electron chi connectivity index (χ0n) is 6.11. The summed E-state index contributed by atoms with van der Waals surface area (Å²) in [4.78, 5) is 4.29. The summed E-state index contributed by atoms with van der Waals surface area (Å²) in [7, 11) is -0.852. The molecule has 1 unspecified atom stereocenters. The van der Waals surface area contributed by atoms with Crippen LogP contribution in [0.2, 0.25) is 0 Å². The van der Waals surface area contributed by atoms with E-state index in [1.165, 1.54) is 7.11 Å². The Morgan fingerprint density at radius 3 is 2.45 bits per heavy atom. The van der Waals surface area contributed by atoms with Crippen LogP contribution in [-0.4, -0.2) is 7.11 Å². The molecule has 0 spiro atoms. The summed E-state index contributed by atoms with van der Waals surface area (Å²) in [5, 5.41) is 0.666. The Bertz CT molecular complexity index is 235. The monoisotopic (exact) mass is 172 g/mol. The maximum atomic E-state index is 11.1. The van der Waals surface area contributed by atoms with Crippen LogP contribution in [0, 0.1) is 0 Å². The van der Waals surface area contributed by atoms with E-state index in [1.807, 2.05) is 6.07 Å². The average molecular weight is 172 g/mol. The van der Waals surface area contributed by atoms with Crippen LogP contribution in [0.3, 0.4) is 0 Å².